The standard InChI is InChI=1S/C18H14ClNO/c1-11-3-5-15(10-16(11)19)18(21)14-7-8-17-13(9-14)6-4-12(2)20-17/h3-10H,1-2H3. The molecule has 0 aliphatic carbocycles. The van der Waals surface area contributed by atoms with Crippen LogP contribution in [0.25, 0.3) is 10.9 Å². The largest absolute Gasteiger partial charge is 0.289 e. The van der Waals surface area contributed by atoms with Crippen molar-refractivity contribution in [3.05, 3.63) is 75.9 Å². The van der Waals surface area contributed by atoms with Gasteiger partial charge in [0.1, 0.15) is 0 Å². The van der Waals surface area contributed by atoms with Crippen LogP contribution in [0.2, 0.25) is 5.02 Å². The summed E-state index contributed by atoms with van der Waals surface area (Å²) in [6.45, 7) is 3.87. The molecule has 104 valence electrons. The fraction of sp³-hybridized carbons (Fsp3) is 0.111. The Morgan fingerprint density at radius 2 is 1.67 bits per heavy atom. The highest BCUT2D eigenvalue weighted by Crippen LogP contribution is 2.21. The third-order valence-corrected chi connectivity index (χ3v) is 3.93. The Hall–Kier alpha value is -2.19. The SMILES string of the molecule is Cc1ccc2cc(C(=O)c3ccc(C)c(Cl)c3)ccc2n1. The lowest BCUT2D eigenvalue weighted by atomic mass is 10.0. The van der Waals surface area contributed by atoms with E-state index in [0.29, 0.717) is 16.1 Å². The number of carbonyl (C=O) groups is 1. The van der Waals surface area contributed by atoms with E-state index >= 15 is 0 Å². The van der Waals surface area contributed by atoms with Gasteiger partial charge in [-0.3, -0.25) is 9.78 Å². The van der Waals surface area contributed by atoms with Crippen LogP contribution in [-0.4, -0.2) is 10.8 Å². The van der Waals surface area contributed by atoms with Crippen molar-refractivity contribution in [2.24, 2.45) is 0 Å². The number of benzene rings is 2. The number of aryl methyl sites for hydroxylation is 2. The van der Waals surface area contributed by atoms with E-state index in [1.165, 1.54) is 0 Å². The topological polar surface area (TPSA) is 30.0 Å². The Kier molecular flexibility index (Phi) is 3.48. The number of aromatic nitrogens is 1. The maximum absolute atomic E-state index is 12.5. The molecular weight excluding hydrogens is 282 g/mol. The van der Waals surface area contributed by atoms with Gasteiger partial charge in [0, 0.05) is 27.2 Å². The molecule has 1 aromatic heterocycles. The van der Waals surface area contributed by atoms with Crippen molar-refractivity contribution in [3.8, 4) is 0 Å². The summed E-state index contributed by atoms with van der Waals surface area (Å²) < 4.78 is 0. The van der Waals surface area contributed by atoms with Gasteiger partial charge in [0.2, 0.25) is 0 Å². The van der Waals surface area contributed by atoms with Gasteiger partial charge in [0.05, 0.1) is 5.52 Å². The number of carbonyl (C=O) groups excluding carboxylic acids is 1. The van der Waals surface area contributed by atoms with Gasteiger partial charge in [-0.15, -0.1) is 0 Å². The number of hydrogen-bond donors (Lipinski definition) is 0. The number of halogens is 1. The molecule has 0 saturated heterocycles. The third kappa shape index (κ3) is 2.67. The number of pyridine rings is 1. The number of nitrogens with zero attached hydrogens (tertiary/aromatic N) is 1. The van der Waals surface area contributed by atoms with Crippen LogP contribution in [0.5, 0.6) is 0 Å². The van der Waals surface area contributed by atoms with Crippen LogP contribution in [-0.2, 0) is 0 Å². The number of hydrogen-bond acceptors (Lipinski definition) is 2. The molecule has 0 spiro atoms. The molecule has 1 heterocycles. The zero-order valence-corrected chi connectivity index (χ0v) is 12.6. The first kappa shape index (κ1) is 13.8. The molecular formula is C18H14ClNO. The molecule has 21 heavy (non-hydrogen) atoms. The molecule has 0 amide bonds. The van der Waals surface area contributed by atoms with Crippen LogP contribution >= 0.6 is 11.6 Å². The summed E-state index contributed by atoms with van der Waals surface area (Å²) in [4.78, 5) is 17.0. The van der Waals surface area contributed by atoms with E-state index in [2.05, 4.69) is 4.98 Å². The Balaban J connectivity index is 2.04. The zero-order valence-electron chi connectivity index (χ0n) is 11.9. The molecule has 0 saturated carbocycles. The maximum atomic E-state index is 12.5. The molecule has 0 aliphatic rings. The second-order valence-electron chi connectivity index (χ2n) is 5.15. The summed E-state index contributed by atoms with van der Waals surface area (Å²) in [5.74, 6) is -0.0284. The van der Waals surface area contributed by atoms with E-state index in [1.54, 1.807) is 12.1 Å². The number of fused-ring (bicyclic) bond motifs is 1. The predicted molar refractivity (Wildman–Crippen MR) is 86.1 cm³/mol. The van der Waals surface area contributed by atoms with Crippen molar-refractivity contribution in [1.29, 1.82) is 0 Å². The van der Waals surface area contributed by atoms with E-state index in [0.717, 1.165) is 22.2 Å². The van der Waals surface area contributed by atoms with E-state index in [4.69, 9.17) is 11.6 Å². The van der Waals surface area contributed by atoms with Crippen molar-refractivity contribution in [1.82, 2.24) is 4.98 Å². The summed E-state index contributed by atoms with van der Waals surface area (Å²) >= 11 is 6.10. The minimum absolute atomic E-state index is 0.0284. The van der Waals surface area contributed by atoms with Crippen LogP contribution in [0.4, 0.5) is 0 Å². The molecule has 2 nitrogen and oxygen atoms in total. The quantitative estimate of drug-likeness (QED) is 0.639. The first-order valence-corrected chi connectivity index (χ1v) is 7.11. The smallest absolute Gasteiger partial charge is 0.193 e. The summed E-state index contributed by atoms with van der Waals surface area (Å²) in [5, 5.41) is 1.57. The Morgan fingerprint density at radius 1 is 0.952 bits per heavy atom. The molecule has 0 N–H and O–H groups in total. The average Bonchev–Trinajstić information content (AvgIpc) is 2.49. The highest BCUT2D eigenvalue weighted by atomic mass is 35.5. The fourth-order valence-corrected chi connectivity index (χ4v) is 2.45. The lowest BCUT2D eigenvalue weighted by Gasteiger charge is -2.05. The van der Waals surface area contributed by atoms with Crippen molar-refractivity contribution < 1.29 is 4.79 Å². The zero-order chi connectivity index (χ0) is 15.0. The van der Waals surface area contributed by atoms with Crippen LogP contribution in [0.15, 0.2) is 48.5 Å². The summed E-state index contributed by atoms with van der Waals surface area (Å²) in [5.41, 5.74) is 4.07. The van der Waals surface area contributed by atoms with Gasteiger partial charge >= 0.3 is 0 Å². The molecule has 3 rings (SSSR count). The second-order valence-corrected chi connectivity index (χ2v) is 5.56. The van der Waals surface area contributed by atoms with E-state index in [-0.39, 0.29) is 5.78 Å². The third-order valence-electron chi connectivity index (χ3n) is 3.52. The summed E-state index contributed by atoms with van der Waals surface area (Å²) in [6, 6.07) is 14.9. The van der Waals surface area contributed by atoms with Crippen LogP contribution in [0, 0.1) is 13.8 Å². The Labute approximate surface area is 128 Å². The average molecular weight is 296 g/mol. The van der Waals surface area contributed by atoms with Gasteiger partial charge in [0.15, 0.2) is 5.78 Å². The second kappa shape index (κ2) is 5.30. The molecule has 0 fully saturated rings. The van der Waals surface area contributed by atoms with E-state index < -0.39 is 0 Å². The van der Waals surface area contributed by atoms with Crippen molar-refractivity contribution in [2.45, 2.75) is 13.8 Å². The molecule has 3 aromatic rings. The number of ketones is 1. The summed E-state index contributed by atoms with van der Waals surface area (Å²) in [7, 11) is 0. The first-order chi connectivity index (χ1) is 10.0. The lowest BCUT2D eigenvalue weighted by molar-refractivity contribution is 0.103. The Bertz CT molecular complexity index is 855. The predicted octanol–water partition coefficient (Wildman–Crippen LogP) is 4.74. The lowest BCUT2D eigenvalue weighted by Crippen LogP contribution is -2.01. The van der Waals surface area contributed by atoms with E-state index in [1.807, 2.05) is 50.2 Å². The number of rotatable bonds is 2. The van der Waals surface area contributed by atoms with Crippen molar-refractivity contribution in [2.75, 3.05) is 0 Å². The molecule has 3 heteroatoms. The summed E-state index contributed by atoms with van der Waals surface area (Å²) in [6.07, 6.45) is 0. The highest BCUT2D eigenvalue weighted by molar-refractivity contribution is 6.32. The molecule has 0 radical (unpaired) electrons. The minimum Gasteiger partial charge on any atom is -0.289 e. The van der Waals surface area contributed by atoms with Crippen molar-refractivity contribution >= 4 is 28.3 Å². The molecule has 0 bridgehead atoms. The molecule has 0 atom stereocenters. The fourth-order valence-electron chi connectivity index (χ4n) is 2.27. The van der Waals surface area contributed by atoms with Gasteiger partial charge in [-0.05, 0) is 49.7 Å². The van der Waals surface area contributed by atoms with Gasteiger partial charge < -0.3 is 0 Å². The normalized spacial score (nSPS) is 10.8. The first-order valence-electron chi connectivity index (χ1n) is 6.73. The van der Waals surface area contributed by atoms with Gasteiger partial charge in [0.25, 0.3) is 0 Å². The van der Waals surface area contributed by atoms with Crippen LogP contribution < -0.4 is 0 Å². The van der Waals surface area contributed by atoms with Gasteiger partial charge in [-0.25, -0.2) is 0 Å². The Morgan fingerprint density at radius 3 is 2.43 bits per heavy atom. The maximum Gasteiger partial charge on any atom is 0.193 e. The molecule has 0 unspecified atom stereocenters. The highest BCUT2D eigenvalue weighted by Gasteiger charge is 2.11. The van der Waals surface area contributed by atoms with Gasteiger partial charge in [-0.2, -0.15) is 0 Å². The van der Waals surface area contributed by atoms with Crippen molar-refractivity contribution in [3.63, 3.8) is 0 Å². The van der Waals surface area contributed by atoms with Crippen LogP contribution in [0.3, 0.4) is 0 Å². The molecule has 2 aromatic carbocycles. The molecule has 0 aliphatic heterocycles. The van der Waals surface area contributed by atoms with Gasteiger partial charge in [-0.1, -0.05) is 29.8 Å². The minimum atomic E-state index is -0.0284. The monoisotopic (exact) mass is 295 g/mol. The van der Waals surface area contributed by atoms with Crippen LogP contribution in [0.1, 0.15) is 27.2 Å². The van der Waals surface area contributed by atoms with E-state index in [9.17, 15) is 4.79 Å².